The van der Waals surface area contributed by atoms with Crippen molar-refractivity contribution in [2.45, 2.75) is 25.8 Å². The van der Waals surface area contributed by atoms with E-state index < -0.39 is 11.6 Å². The van der Waals surface area contributed by atoms with Crippen molar-refractivity contribution in [1.29, 1.82) is 0 Å². The summed E-state index contributed by atoms with van der Waals surface area (Å²) in [6, 6.07) is 3.63. The molecule has 1 N–H and O–H groups in total. The summed E-state index contributed by atoms with van der Waals surface area (Å²) >= 11 is 0. The first-order valence-electron chi connectivity index (χ1n) is 5.47. The van der Waals surface area contributed by atoms with Gasteiger partial charge in [-0.1, -0.05) is 6.07 Å². The highest BCUT2D eigenvalue weighted by Gasteiger charge is 2.07. The molecule has 1 aliphatic rings. The Morgan fingerprint density at radius 1 is 1.25 bits per heavy atom. The largest absolute Gasteiger partial charge is 0.370 e. The highest BCUT2D eigenvalue weighted by Crippen LogP contribution is 2.10. The second-order valence-electron chi connectivity index (χ2n) is 3.87. The number of rotatable bonds is 2. The first kappa shape index (κ1) is 11.0. The molecule has 0 saturated carbocycles. The molecule has 86 valence electrons. The maximum Gasteiger partial charge on any atom is 0.131 e. The van der Waals surface area contributed by atoms with Crippen LogP contribution in [-0.4, -0.2) is 12.4 Å². The fraction of sp³-hybridized carbons (Fsp3) is 0.417. The number of halogens is 2. The molecule has 0 fully saturated rings. The van der Waals surface area contributed by atoms with Gasteiger partial charge >= 0.3 is 0 Å². The predicted octanol–water partition coefficient (Wildman–Crippen LogP) is 2.64. The van der Waals surface area contributed by atoms with E-state index in [1.54, 1.807) is 0 Å². The van der Waals surface area contributed by atoms with Gasteiger partial charge in [0.05, 0.1) is 5.84 Å². The van der Waals surface area contributed by atoms with Crippen LogP contribution in [0.5, 0.6) is 0 Å². The first-order valence-corrected chi connectivity index (χ1v) is 5.47. The monoisotopic (exact) mass is 224 g/mol. The molecule has 4 heteroatoms. The molecule has 1 heterocycles. The second-order valence-corrected chi connectivity index (χ2v) is 3.87. The standard InChI is InChI=1S/C12H14F2N2/c13-10-5-4-9(11(14)7-10)8-16-12-3-1-2-6-15-12/h4-5,7H,1-3,6,8H2,(H,15,16). The topological polar surface area (TPSA) is 24.4 Å². The summed E-state index contributed by atoms with van der Waals surface area (Å²) in [5.74, 6) is -0.129. The summed E-state index contributed by atoms with van der Waals surface area (Å²) in [7, 11) is 0. The van der Waals surface area contributed by atoms with E-state index in [0.29, 0.717) is 12.1 Å². The van der Waals surface area contributed by atoms with Crippen molar-refractivity contribution in [3.8, 4) is 0 Å². The van der Waals surface area contributed by atoms with Gasteiger partial charge in [0.15, 0.2) is 0 Å². The molecular weight excluding hydrogens is 210 g/mol. The van der Waals surface area contributed by atoms with E-state index in [1.807, 2.05) is 0 Å². The van der Waals surface area contributed by atoms with E-state index in [1.165, 1.54) is 12.1 Å². The molecule has 0 atom stereocenters. The van der Waals surface area contributed by atoms with E-state index in [0.717, 1.165) is 37.7 Å². The van der Waals surface area contributed by atoms with Crippen molar-refractivity contribution in [1.82, 2.24) is 5.32 Å². The van der Waals surface area contributed by atoms with Crippen LogP contribution in [0.15, 0.2) is 23.2 Å². The zero-order chi connectivity index (χ0) is 11.4. The third-order valence-electron chi connectivity index (χ3n) is 2.62. The van der Waals surface area contributed by atoms with Gasteiger partial charge in [-0.2, -0.15) is 0 Å². The van der Waals surface area contributed by atoms with E-state index in [9.17, 15) is 8.78 Å². The molecule has 2 rings (SSSR count). The van der Waals surface area contributed by atoms with Crippen molar-refractivity contribution in [2.75, 3.05) is 6.54 Å². The number of nitrogens with zero attached hydrogens (tertiary/aromatic N) is 1. The van der Waals surface area contributed by atoms with Crippen LogP contribution in [0, 0.1) is 11.6 Å². The Hall–Kier alpha value is -1.45. The molecule has 1 aromatic rings. The molecule has 0 bridgehead atoms. The third kappa shape index (κ3) is 2.78. The van der Waals surface area contributed by atoms with Crippen molar-refractivity contribution in [3.63, 3.8) is 0 Å². The minimum absolute atomic E-state index is 0.366. The average molecular weight is 224 g/mol. The van der Waals surface area contributed by atoms with Crippen molar-refractivity contribution >= 4 is 5.84 Å². The Bertz CT molecular complexity index is 402. The first-order chi connectivity index (χ1) is 7.75. The molecule has 0 saturated heterocycles. The second kappa shape index (κ2) is 5.05. The van der Waals surface area contributed by atoms with Gasteiger partial charge < -0.3 is 5.32 Å². The van der Waals surface area contributed by atoms with Gasteiger partial charge in [-0.05, 0) is 18.9 Å². The SMILES string of the molecule is Fc1ccc(CNC2=NCCCC2)c(F)c1. The summed E-state index contributed by atoms with van der Waals surface area (Å²) in [4.78, 5) is 4.30. The maximum atomic E-state index is 13.3. The smallest absolute Gasteiger partial charge is 0.131 e. The minimum Gasteiger partial charge on any atom is -0.370 e. The van der Waals surface area contributed by atoms with Crippen molar-refractivity contribution < 1.29 is 8.78 Å². The van der Waals surface area contributed by atoms with Gasteiger partial charge in [-0.25, -0.2) is 8.78 Å². The van der Waals surface area contributed by atoms with Crippen molar-refractivity contribution in [3.05, 3.63) is 35.4 Å². The van der Waals surface area contributed by atoms with Crippen LogP contribution in [0.2, 0.25) is 0 Å². The van der Waals surface area contributed by atoms with Crippen LogP contribution >= 0.6 is 0 Å². The highest BCUT2D eigenvalue weighted by atomic mass is 19.1. The lowest BCUT2D eigenvalue weighted by atomic mass is 10.1. The van der Waals surface area contributed by atoms with Gasteiger partial charge in [0.2, 0.25) is 0 Å². The van der Waals surface area contributed by atoms with Crippen LogP contribution in [0.25, 0.3) is 0 Å². The molecule has 0 amide bonds. The summed E-state index contributed by atoms with van der Waals surface area (Å²) in [5.41, 5.74) is 0.467. The number of benzene rings is 1. The molecular formula is C12H14F2N2. The van der Waals surface area contributed by atoms with Crippen LogP contribution in [0.3, 0.4) is 0 Å². The van der Waals surface area contributed by atoms with Gasteiger partial charge in [0.25, 0.3) is 0 Å². The van der Waals surface area contributed by atoms with Crippen LogP contribution < -0.4 is 5.32 Å². The Morgan fingerprint density at radius 3 is 2.81 bits per heavy atom. The lowest BCUT2D eigenvalue weighted by Gasteiger charge is -2.14. The van der Waals surface area contributed by atoms with Gasteiger partial charge in [0.1, 0.15) is 11.6 Å². The quantitative estimate of drug-likeness (QED) is 0.820. The lowest BCUT2D eigenvalue weighted by molar-refractivity contribution is 0.569. The van der Waals surface area contributed by atoms with Crippen LogP contribution in [0.1, 0.15) is 24.8 Å². The fourth-order valence-corrected chi connectivity index (χ4v) is 1.70. The van der Waals surface area contributed by atoms with Crippen LogP contribution in [-0.2, 0) is 6.54 Å². The van der Waals surface area contributed by atoms with E-state index >= 15 is 0 Å². The van der Waals surface area contributed by atoms with E-state index in [-0.39, 0.29) is 0 Å². The summed E-state index contributed by atoms with van der Waals surface area (Å²) in [6.07, 6.45) is 3.16. The summed E-state index contributed by atoms with van der Waals surface area (Å²) < 4.78 is 25.9. The highest BCUT2D eigenvalue weighted by molar-refractivity contribution is 5.82. The normalized spacial score (nSPS) is 15.8. The van der Waals surface area contributed by atoms with Gasteiger partial charge in [0, 0.05) is 31.1 Å². The van der Waals surface area contributed by atoms with E-state index in [2.05, 4.69) is 10.3 Å². The van der Waals surface area contributed by atoms with Crippen LogP contribution in [0.4, 0.5) is 8.78 Å². The van der Waals surface area contributed by atoms with Crippen molar-refractivity contribution in [2.24, 2.45) is 4.99 Å². The number of nitrogens with one attached hydrogen (secondary N) is 1. The Morgan fingerprint density at radius 2 is 2.12 bits per heavy atom. The van der Waals surface area contributed by atoms with E-state index in [4.69, 9.17) is 0 Å². The molecule has 0 spiro atoms. The molecule has 0 radical (unpaired) electrons. The Balaban J connectivity index is 1.96. The number of amidine groups is 1. The molecule has 1 aliphatic heterocycles. The number of hydrogen-bond donors (Lipinski definition) is 1. The molecule has 16 heavy (non-hydrogen) atoms. The summed E-state index contributed by atoms with van der Waals surface area (Å²) in [6.45, 7) is 1.21. The maximum absolute atomic E-state index is 13.3. The zero-order valence-electron chi connectivity index (χ0n) is 8.97. The molecule has 1 aromatic carbocycles. The zero-order valence-corrected chi connectivity index (χ0v) is 8.97. The van der Waals surface area contributed by atoms with Gasteiger partial charge in [-0.15, -0.1) is 0 Å². The molecule has 0 aliphatic carbocycles. The third-order valence-corrected chi connectivity index (χ3v) is 2.62. The van der Waals surface area contributed by atoms with Gasteiger partial charge in [-0.3, -0.25) is 4.99 Å². The predicted molar refractivity (Wildman–Crippen MR) is 59.4 cm³/mol. The molecule has 2 nitrogen and oxygen atoms in total. The molecule has 0 aromatic heterocycles. The average Bonchev–Trinajstić information content (AvgIpc) is 2.29. The molecule has 0 unspecified atom stereocenters. The Labute approximate surface area is 93.4 Å². The lowest BCUT2D eigenvalue weighted by Crippen LogP contribution is -2.25. The summed E-state index contributed by atoms with van der Waals surface area (Å²) in [5, 5.41) is 3.09. The Kier molecular flexibility index (Phi) is 3.49. The fourth-order valence-electron chi connectivity index (χ4n) is 1.70. The minimum atomic E-state index is -0.545. The number of aliphatic imine (C=N–C) groups is 1. The number of hydrogen-bond acceptors (Lipinski definition) is 2.